The second kappa shape index (κ2) is 5.13. The number of hydrogen-bond donors (Lipinski definition) is 1. The highest BCUT2D eigenvalue weighted by atomic mass is 16.5. The lowest BCUT2D eigenvalue weighted by atomic mass is 9.77. The number of aliphatic hydroxyl groups is 1. The topological polar surface area (TPSA) is 29.5 Å². The van der Waals surface area contributed by atoms with Crippen LogP contribution in [0.5, 0.6) is 0 Å². The lowest BCUT2D eigenvalue weighted by molar-refractivity contribution is -0.0896. The number of rotatable bonds is 3. The van der Waals surface area contributed by atoms with E-state index in [0.717, 1.165) is 18.8 Å². The molecule has 0 bridgehead atoms. The molecule has 2 heteroatoms. The zero-order valence-electron chi connectivity index (χ0n) is 12.5. The van der Waals surface area contributed by atoms with E-state index < -0.39 is 0 Å². The third-order valence-corrected chi connectivity index (χ3v) is 4.91. The summed E-state index contributed by atoms with van der Waals surface area (Å²) in [6.07, 6.45) is 8.49. The van der Waals surface area contributed by atoms with Crippen LogP contribution < -0.4 is 0 Å². The van der Waals surface area contributed by atoms with Crippen molar-refractivity contribution in [2.75, 3.05) is 0 Å². The van der Waals surface area contributed by atoms with Crippen molar-refractivity contribution in [3.63, 3.8) is 0 Å². The maximum Gasteiger partial charge on any atom is 0.0687 e. The summed E-state index contributed by atoms with van der Waals surface area (Å²) in [6.45, 7) is 8.55. The van der Waals surface area contributed by atoms with Crippen molar-refractivity contribution in [2.45, 2.75) is 89.9 Å². The van der Waals surface area contributed by atoms with Crippen LogP contribution in [0.1, 0.15) is 72.6 Å². The normalized spacial score (nSPS) is 33.5. The van der Waals surface area contributed by atoms with Gasteiger partial charge in [0.2, 0.25) is 0 Å². The van der Waals surface area contributed by atoms with E-state index in [2.05, 4.69) is 27.7 Å². The van der Waals surface area contributed by atoms with Gasteiger partial charge in [-0.2, -0.15) is 0 Å². The molecule has 1 heterocycles. The fourth-order valence-corrected chi connectivity index (χ4v) is 4.13. The quantitative estimate of drug-likeness (QED) is 0.827. The molecule has 0 amide bonds. The zero-order chi connectivity index (χ0) is 13.4. The highest BCUT2D eigenvalue weighted by Crippen LogP contribution is 2.45. The Labute approximate surface area is 112 Å². The third-order valence-electron chi connectivity index (χ3n) is 4.91. The van der Waals surface area contributed by atoms with Crippen molar-refractivity contribution >= 4 is 0 Å². The molecule has 1 aliphatic heterocycles. The Hall–Kier alpha value is -0.0800. The Kier molecular flexibility index (Phi) is 4.08. The van der Waals surface area contributed by atoms with Crippen molar-refractivity contribution < 1.29 is 9.84 Å². The minimum atomic E-state index is -0.190. The van der Waals surface area contributed by atoms with E-state index in [9.17, 15) is 5.11 Å². The SMILES string of the molecule is CC1(C)CC(C(O)CC2CCCCC2)C(C)(C)O1. The molecule has 2 unspecified atom stereocenters. The van der Waals surface area contributed by atoms with Gasteiger partial charge in [-0.25, -0.2) is 0 Å². The molecule has 2 aliphatic rings. The van der Waals surface area contributed by atoms with Crippen molar-refractivity contribution in [2.24, 2.45) is 11.8 Å². The molecule has 1 aliphatic carbocycles. The molecule has 106 valence electrons. The highest BCUT2D eigenvalue weighted by Gasteiger charge is 2.48. The Morgan fingerprint density at radius 2 is 1.72 bits per heavy atom. The maximum absolute atomic E-state index is 10.6. The van der Waals surface area contributed by atoms with Gasteiger partial charge in [0.15, 0.2) is 0 Å². The van der Waals surface area contributed by atoms with E-state index in [-0.39, 0.29) is 23.2 Å². The van der Waals surface area contributed by atoms with Gasteiger partial charge >= 0.3 is 0 Å². The van der Waals surface area contributed by atoms with Gasteiger partial charge in [0.05, 0.1) is 17.3 Å². The molecule has 2 fully saturated rings. The lowest BCUT2D eigenvalue weighted by Gasteiger charge is -2.33. The van der Waals surface area contributed by atoms with E-state index >= 15 is 0 Å². The molecule has 2 nitrogen and oxygen atoms in total. The van der Waals surface area contributed by atoms with Gasteiger partial charge in [0, 0.05) is 5.92 Å². The van der Waals surface area contributed by atoms with E-state index in [1.807, 2.05) is 0 Å². The van der Waals surface area contributed by atoms with E-state index in [4.69, 9.17) is 4.74 Å². The molecule has 1 saturated carbocycles. The lowest BCUT2D eigenvalue weighted by Crippen LogP contribution is -2.37. The first kappa shape index (κ1) is 14.3. The Balaban J connectivity index is 1.93. The van der Waals surface area contributed by atoms with Crippen LogP contribution in [-0.2, 0) is 4.74 Å². The summed E-state index contributed by atoms with van der Waals surface area (Å²) in [5.74, 6) is 1.03. The van der Waals surface area contributed by atoms with Crippen LogP contribution in [-0.4, -0.2) is 22.4 Å². The highest BCUT2D eigenvalue weighted by molar-refractivity contribution is 4.97. The first-order valence-electron chi connectivity index (χ1n) is 7.68. The molecule has 18 heavy (non-hydrogen) atoms. The molecule has 1 N–H and O–H groups in total. The second-order valence-corrected chi connectivity index (χ2v) is 7.58. The molecule has 1 saturated heterocycles. The van der Waals surface area contributed by atoms with Crippen molar-refractivity contribution in [3.8, 4) is 0 Å². The third kappa shape index (κ3) is 3.27. The number of hydrogen-bond acceptors (Lipinski definition) is 2. The van der Waals surface area contributed by atoms with E-state index in [1.165, 1.54) is 32.1 Å². The molecule has 0 aromatic rings. The summed E-state index contributed by atoms with van der Waals surface area (Å²) in [4.78, 5) is 0. The van der Waals surface area contributed by atoms with Gasteiger partial charge in [0.1, 0.15) is 0 Å². The molecule has 0 spiro atoms. The van der Waals surface area contributed by atoms with Gasteiger partial charge < -0.3 is 9.84 Å². The Morgan fingerprint density at radius 3 is 2.22 bits per heavy atom. The predicted octanol–water partition coefficient (Wildman–Crippen LogP) is 3.91. The van der Waals surface area contributed by atoms with Crippen LogP contribution in [0.25, 0.3) is 0 Å². The van der Waals surface area contributed by atoms with Crippen LogP contribution in [0.3, 0.4) is 0 Å². The van der Waals surface area contributed by atoms with Crippen LogP contribution in [0.4, 0.5) is 0 Å². The van der Waals surface area contributed by atoms with Gasteiger partial charge in [0.25, 0.3) is 0 Å². The Morgan fingerprint density at radius 1 is 1.11 bits per heavy atom. The van der Waals surface area contributed by atoms with Gasteiger partial charge in [-0.15, -0.1) is 0 Å². The molecular weight excluding hydrogens is 224 g/mol. The molecule has 0 radical (unpaired) electrons. The summed E-state index contributed by atoms with van der Waals surface area (Å²) < 4.78 is 6.10. The zero-order valence-corrected chi connectivity index (χ0v) is 12.5. The minimum absolute atomic E-state index is 0.0816. The summed E-state index contributed by atoms with van der Waals surface area (Å²) in [5, 5.41) is 10.6. The Bertz CT molecular complexity index is 277. The smallest absolute Gasteiger partial charge is 0.0687 e. The standard InChI is InChI=1S/C16H30O2/c1-15(2)11-13(16(3,4)18-15)14(17)10-12-8-6-5-7-9-12/h12-14,17H,5-11H2,1-4H3. The van der Waals surface area contributed by atoms with Crippen LogP contribution in [0.15, 0.2) is 0 Å². The van der Waals surface area contributed by atoms with E-state index in [0.29, 0.717) is 0 Å². The molecule has 2 atom stereocenters. The second-order valence-electron chi connectivity index (χ2n) is 7.58. The fraction of sp³-hybridized carbons (Fsp3) is 1.00. The maximum atomic E-state index is 10.6. The average Bonchev–Trinajstić information content (AvgIpc) is 2.48. The van der Waals surface area contributed by atoms with Crippen LogP contribution >= 0.6 is 0 Å². The summed E-state index contributed by atoms with van der Waals surface area (Å²) in [5.41, 5.74) is -0.265. The summed E-state index contributed by atoms with van der Waals surface area (Å²) in [6, 6.07) is 0. The number of ether oxygens (including phenoxy) is 1. The molecule has 0 aromatic carbocycles. The van der Waals surface area contributed by atoms with Gasteiger partial charge in [-0.05, 0) is 46.5 Å². The number of aliphatic hydroxyl groups excluding tert-OH is 1. The molecular formula is C16H30O2. The van der Waals surface area contributed by atoms with Crippen molar-refractivity contribution in [1.82, 2.24) is 0 Å². The van der Waals surface area contributed by atoms with E-state index in [1.54, 1.807) is 0 Å². The van der Waals surface area contributed by atoms with Crippen molar-refractivity contribution in [3.05, 3.63) is 0 Å². The average molecular weight is 254 g/mol. The minimum Gasteiger partial charge on any atom is -0.393 e. The summed E-state index contributed by atoms with van der Waals surface area (Å²) >= 11 is 0. The van der Waals surface area contributed by atoms with Crippen molar-refractivity contribution in [1.29, 1.82) is 0 Å². The summed E-state index contributed by atoms with van der Waals surface area (Å²) in [7, 11) is 0. The molecule has 0 aromatic heterocycles. The monoisotopic (exact) mass is 254 g/mol. The predicted molar refractivity (Wildman–Crippen MR) is 74.5 cm³/mol. The first-order chi connectivity index (χ1) is 8.30. The largest absolute Gasteiger partial charge is 0.393 e. The van der Waals surface area contributed by atoms with Crippen LogP contribution in [0.2, 0.25) is 0 Å². The van der Waals surface area contributed by atoms with Crippen LogP contribution in [0, 0.1) is 11.8 Å². The fourth-order valence-electron chi connectivity index (χ4n) is 4.13. The first-order valence-corrected chi connectivity index (χ1v) is 7.68. The molecule has 2 rings (SSSR count). The van der Waals surface area contributed by atoms with Gasteiger partial charge in [-0.3, -0.25) is 0 Å². The van der Waals surface area contributed by atoms with Gasteiger partial charge in [-0.1, -0.05) is 32.1 Å².